The summed E-state index contributed by atoms with van der Waals surface area (Å²) in [7, 11) is 0. The van der Waals surface area contributed by atoms with Gasteiger partial charge in [-0.1, -0.05) is 0 Å². The molecule has 2 rings (SSSR count). The molecule has 1 saturated heterocycles. The van der Waals surface area contributed by atoms with Crippen molar-refractivity contribution in [3.8, 4) is 0 Å². The smallest absolute Gasteiger partial charge is 0.157 e. The Hall–Kier alpha value is -1.00. The van der Waals surface area contributed by atoms with E-state index in [0.717, 1.165) is 25.9 Å². The van der Waals surface area contributed by atoms with E-state index in [1.807, 2.05) is 0 Å². The molecule has 0 spiro atoms. The van der Waals surface area contributed by atoms with E-state index in [-0.39, 0.29) is 12.7 Å². The molecule has 0 saturated carbocycles. The summed E-state index contributed by atoms with van der Waals surface area (Å²) in [4.78, 5) is 8.39. The molecule has 4 heteroatoms. The van der Waals surface area contributed by atoms with Crippen LogP contribution in [0.25, 0.3) is 0 Å². The van der Waals surface area contributed by atoms with Gasteiger partial charge in [0.1, 0.15) is 6.10 Å². The lowest BCUT2D eigenvalue weighted by atomic mass is 10.1. The van der Waals surface area contributed by atoms with Gasteiger partial charge in [0.25, 0.3) is 0 Å². The molecule has 14 heavy (non-hydrogen) atoms. The Bertz CT molecular complexity index is 298. The molecule has 1 fully saturated rings. The number of aromatic nitrogens is 2. The molecule has 0 aromatic carbocycles. The quantitative estimate of drug-likeness (QED) is 0.768. The van der Waals surface area contributed by atoms with E-state index in [2.05, 4.69) is 9.97 Å². The third-order valence-electron chi connectivity index (χ3n) is 2.36. The molecular weight excluding hydrogens is 180 g/mol. The number of ether oxygens (including phenoxy) is 1. The number of hydrogen-bond acceptors (Lipinski definition) is 4. The zero-order chi connectivity index (χ0) is 9.80. The molecule has 0 aliphatic carbocycles. The molecule has 1 aliphatic rings. The fraction of sp³-hybridized carbons (Fsp3) is 0.600. The van der Waals surface area contributed by atoms with Gasteiger partial charge < -0.3 is 9.84 Å². The second-order valence-electron chi connectivity index (χ2n) is 3.42. The zero-order valence-electron chi connectivity index (χ0n) is 8.02. The first kappa shape index (κ1) is 9.55. The summed E-state index contributed by atoms with van der Waals surface area (Å²) < 4.78 is 5.56. The van der Waals surface area contributed by atoms with Crippen LogP contribution in [0.3, 0.4) is 0 Å². The number of nitrogens with zero attached hydrogens (tertiary/aromatic N) is 2. The van der Waals surface area contributed by atoms with E-state index in [1.54, 1.807) is 12.3 Å². The van der Waals surface area contributed by atoms with Gasteiger partial charge in [0.05, 0.1) is 12.3 Å². The fourth-order valence-corrected chi connectivity index (χ4v) is 1.60. The minimum Gasteiger partial charge on any atom is -0.390 e. The van der Waals surface area contributed by atoms with E-state index < -0.39 is 0 Å². The molecule has 0 bridgehead atoms. The van der Waals surface area contributed by atoms with Gasteiger partial charge in [0.2, 0.25) is 0 Å². The highest BCUT2D eigenvalue weighted by Crippen LogP contribution is 2.24. The second kappa shape index (κ2) is 4.48. The van der Waals surface area contributed by atoms with E-state index in [9.17, 15) is 0 Å². The van der Waals surface area contributed by atoms with Gasteiger partial charge in [0, 0.05) is 12.8 Å². The normalized spacial score (nSPS) is 22.2. The molecule has 1 aromatic rings. The Kier molecular flexibility index (Phi) is 3.06. The number of aliphatic hydroxyl groups is 1. The van der Waals surface area contributed by atoms with Gasteiger partial charge in [-0.3, -0.25) is 0 Å². The third kappa shape index (κ3) is 2.08. The van der Waals surface area contributed by atoms with Gasteiger partial charge in [-0.05, 0) is 25.3 Å². The van der Waals surface area contributed by atoms with Crippen LogP contribution in [0.5, 0.6) is 0 Å². The Balaban J connectivity index is 2.13. The van der Waals surface area contributed by atoms with Crippen LogP contribution in [-0.2, 0) is 11.3 Å². The van der Waals surface area contributed by atoms with Gasteiger partial charge in [-0.2, -0.15) is 0 Å². The average Bonchev–Trinajstić information content (AvgIpc) is 2.30. The van der Waals surface area contributed by atoms with Crippen LogP contribution in [0.1, 0.15) is 36.9 Å². The predicted octanol–water partition coefficient (Wildman–Crippen LogP) is 1.21. The first-order chi connectivity index (χ1) is 6.90. The van der Waals surface area contributed by atoms with Gasteiger partial charge >= 0.3 is 0 Å². The molecule has 0 amide bonds. The summed E-state index contributed by atoms with van der Waals surface area (Å²) in [6.07, 6.45) is 4.96. The molecule has 0 unspecified atom stereocenters. The highest BCUT2D eigenvalue weighted by Gasteiger charge is 2.18. The van der Waals surface area contributed by atoms with E-state index in [1.165, 1.54) is 0 Å². The lowest BCUT2D eigenvalue weighted by Crippen LogP contribution is -2.14. The number of aliphatic hydroxyl groups excluding tert-OH is 1. The van der Waals surface area contributed by atoms with Crippen LogP contribution in [0, 0.1) is 0 Å². The minimum atomic E-state index is -0.0394. The van der Waals surface area contributed by atoms with Crippen LogP contribution >= 0.6 is 0 Å². The van der Waals surface area contributed by atoms with Crippen LogP contribution in [0.15, 0.2) is 12.3 Å². The topological polar surface area (TPSA) is 55.2 Å². The van der Waals surface area contributed by atoms with Crippen molar-refractivity contribution in [2.75, 3.05) is 6.61 Å². The Morgan fingerprint density at radius 2 is 2.43 bits per heavy atom. The Morgan fingerprint density at radius 3 is 3.14 bits per heavy atom. The van der Waals surface area contributed by atoms with Crippen LogP contribution < -0.4 is 0 Å². The summed E-state index contributed by atoms with van der Waals surface area (Å²) in [5.74, 6) is 0.705. The van der Waals surface area contributed by atoms with Crippen molar-refractivity contribution >= 4 is 0 Å². The fourth-order valence-electron chi connectivity index (χ4n) is 1.60. The largest absolute Gasteiger partial charge is 0.390 e. The van der Waals surface area contributed by atoms with Crippen molar-refractivity contribution in [1.29, 1.82) is 0 Å². The molecule has 0 radical (unpaired) electrons. The maximum absolute atomic E-state index is 8.93. The standard InChI is InChI=1S/C10H14N2O2/c13-7-8-4-5-11-10(12-8)9-3-1-2-6-14-9/h4-5,9,13H,1-3,6-7H2/t9-/m0/s1. The first-order valence-corrected chi connectivity index (χ1v) is 4.94. The van der Waals surface area contributed by atoms with Gasteiger partial charge in [-0.15, -0.1) is 0 Å². The highest BCUT2D eigenvalue weighted by atomic mass is 16.5. The lowest BCUT2D eigenvalue weighted by molar-refractivity contribution is 0.00917. The zero-order valence-corrected chi connectivity index (χ0v) is 8.02. The van der Waals surface area contributed by atoms with Crippen molar-refractivity contribution in [2.24, 2.45) is 0 Å². The van der Waals surface area contributed by atoms with Crippen molar-refractivity contribution in [2.45, 2.75) is 32.0 Å². The molecular formula is C10H14N2O2. The highest BCUT2D eigenvalue weighted by molar-refractivity contribution is 5.03. The predicted molar refractivity (Wildman–Crippen MR) is 50.5 cm³/mol. The maximum Gasteiger partial charge on any atom is 0.157 e. The third-order valence-corrected chi connectivity index (χ3v) is 2.36. The molecule has 1 N–H and O–H groups in total. The van der Waals surface area contributed by atoms with E-state index in [4.69, 9.17) is 9.84 Å². The van der Waals surface area contributed by atoms with Gasteiger partial charge in [-0.25, -0.2) is 9.97 Å². The monoisotopic (exact) mass is 194 g/mol. The molecule has 76 valence electrons. The van der Waals surface area contributed by atoms with Crippen LogP contribution in [-0.4, -0.2) is 21.7 Å². The van der Waals surface area contributed by atoms with E-state index >= 15 is 0 Å². The summed E-state index contributed by atoms with van der Waals surface area (Å²) >= 11 is 0. The van der Waals surface area contributed by atoms with Crippen molar-refractivity contribution in [1.82, 2.24) is 9.97 Å². The number of hydrogen-bond donors (Lipinski definition) is 1. The van der Waals surface area contributed by atoms with Crippen molar-refractivity contribution in [3.63, 3.8) is 0 Å². The molecule has 4 nitrogen and oxygen atoms in total. The average molecular weight is 194 g/mol. The summed E-state index contributed by atoms with van der Waals surface area (Å²) in [5, 5.41) is 8.93. The minimum absolute atomic E-state index is 0.0234. The maximum atomic E-state index is 8.93. The van der Waals surface area contributed by atoms with E-state index in [0.29, 0.717) is 11.5 Å². The lowest BCUT2D eigenvalue weighted by Gasteiger charge is -2.21. The molecule has 2 heterocycles. The number of rotatable bonds is 2. The summed E-state index contributed by atoms with van der Waals surface area (Å²) in [5.41, 5.74) is 0.657. The Labute approximate surface area is 83.0 Å². The van der Waals surface area contributed by atoms with Crippen LogP contribution in [0.4, 0.5) is 0 Å². The first-order valence-electron chi connectivity index (χ1n) is 4.94. The van der Waals surface area contributed by atoms with Crippen LogP contribution in [0.2, 0.25) is 0 Å². The summed E-state index contributed by atoms with van der Waals surface area (Å²) in [6.45, 7) is 0.750. The summed E-state index contributed by atoms with van der Waals surface area (Å²) in [6, 6.07) is 1.71. The molecule has 1 aliphatic heterocycles. The molecule has 1 atom stereocenters. The van der Waals surface area contributed by atoms with Crippen molar-refractivity contribution < 1.29 is 9.84 Å². The van der Waals surface area contributed by atoms with Gasteiger partial charge in [0.15, 0.2) is 5.82 Å². The SMILES string of the molecule is OCc1ccnc([C@@H]2CCCCO2)n1. The van der Waals surface area contributed by atoms with Crippen molar-refractivity contribution in [3.05, 3.63) is 23.8 Å². The Morgan fingerprint density at radius 1 is 1.50 bits per heavy atom. The second-order valence-corrected chi connectivity index (χ2v) is 3.42. The molecule has 1 aromatic heterocycles.